The lowest BCUT2D eigenvalue weighted by molar-refractivity contribution is -0.148. The van der Waals surface area contributed by atoms with Gasteiger partial charge in [-0.05, 0) is 12.3 Å². The Hall–Kier alpha value is -0.940. The van der Waals surface area contributed by atoms with E-state index in [9.17, 15) is 14.7 Å². The molecule has 20 heavy (non-hydrogen) atoms. The van der Waals surface area contributed by atoms with Crippen LogP contribution in [-0.4, -0.2) is 54.1 Å². The number of carboxylic acids is 1. The van der Waals surface area contributed by atoms with E-state index in [1.807, 2.05) is 4.90 Å². The van der Waals surface area contributed by atoms with Crippen LogP contribution in [0, 0.1) is 5.92 Å². The highest BCUT2D eigenvalue weighted by Crippen LogP contribution is 2.29. The first-order chi connectivity index (χ1) is 9.70. The topological polar surface area (TPSA) is 66.8 Å². The predicted molar refractivity (Wildman–Crippen MR) is 74.6 cm³/mol. The van der Waals surface area contributed by atoms with Crippen molar-refractivity contribution in [2.24, 2.45) is 5.92 Å². The lowest BCUT2D eigenvalue weighted by atomic mass is 9.85. The third-order valence-electron chi connectivity index (χ3n) is 4.54. The minimum absolute atomic E-state index is 0.0610. The van der Waals surface area contributed by atoms with Gasteiger partial charge in [-0.3, -0.25) is 9.69 Å². The minimum atomic E-state index is -0.907. The van der Waals surface area contributed by atoms with Gasteiger partial charge in [0, 0.05) is 19.5 Å². The molecule has 114 valence electrons. The van der Waals surface area contributed by atoms with Crippen LogP contribution >= 0.6 is 0 Å². The molecule has 0 bridgehead atoms. The van der Waals surface area contributed by atoms with Gasteiger partial charge in [0.05, 0.1) is 12.7 Å². The lowest BCUT2D eigenvalue weighted by Crippen LogP contribution is -2.51. The summed E-state index contributed by atoms with van der Waals surface area (Å²) in [5.41, 5.74) is 0. The summed E-state index contributed by atoms with van der Waals surface area (Å²) in [7, 11) is 0. The van der Waals surface area contributed by atoms with Crippen molar-refractivity contribution >= 4 is 12.3 Å². The van der Waals surface area contributed by atoms with Gasteiger partial charge in [0.15, 0.2) is 0 Å². The third kappa shape index (κ3) is 4.28. The smallest absolute Gasteiger partial charge is 0.321 e. The van der Waals surface area contributed by atoms with Crippen LogP contribution in [0.5, 0.6) is 0 Å². The standard InChI is InChI=1S/C15H25NO4/c17-8-6-14(15(18)19)16-7-9-20-13(11-16)10-12-4-2-1-3-5-12/h8,12-14H,1-7,9-11H2,(H,18,19)/t13?,14-/m1/s1. The van der Waals surface area contributed by atoms with Gasteiger partial charge in [0.25, 0.3) is 0 Å². The number of carbonyl (C=O) groups excluding carboxylic acids is 1. The van der Waals surface area contributed by atoms with Crippen molar-refractivity contribution < 1.29 is 19.4 Å². The summed E-state index contributed by atoms with van der Waals surface area (Å²) in [4.78, 5) is 23.8. The van der Waals surface area contributed by atoms with Crippen molar-refractivity contribution in [2.45, 2.75) is 57.1 Å². The number of hydrogen-bond acceptors (Lipinski definition) is 4. The summed E-state index contributed by atoms with van der Waals surface area (Å²) in [6, 6.07) is -0.690. The van der Waals surface area contributed by atoms with Gasteiger partial charge in [-0.25, -0.2) is 0 Å². The van der Waals surface area contributed by atoms with Crippen LogP contribution in [0.15, 0.2) is 0 Å². The Labute approximate surface area is 120 Å². The molecule has 2 rings (SSSR count). The van der Waals surface area contributed by atoms with Crippen LogP contribution in [0.25, 0.3) is 0 Å². The number of carbonyl (C=O) groups is 2. The van der Waals surface area contributed by atoms with Crippen molar-refractivity contribution in [3.05, 3.63) is 0 Å². The Bertz CT molecular complexity index is 328. The summed E-state index contributed by atoms with van der Waals surface area (Å²) >= 11 is 0. The summed E-state index contributed by atoms with van der Waals surface area (Å²) in [5, 5.41) is 9.22. The SMILES string of the molecule is O=CC[C@H](C(=O)O)N1CCOC(CC2CCCCC2)C1. The van der Waals surface area contributed by atoms with E-state index in [1.54, 1.807) is 0 Å². The maximum atomic E-state index is 11.2. The number of rotatable bonds is 6. The van der Waals surface area contributed by atoms with Crippen molar-refractivity contribution in [3.8, 4) is 0 Å². The molecule has 1 saturated carbocycles. The van der Waals surface area contributed by atoms with E-state index in [4.69, 9.17) is 4.74 Å². The fourth-order valence-corrected chi connectivity index (χ4v) is 3.46. The van der Waals surface area contributed by atoms with Gasteiger partial charge in [-0.1, -0.05) is 32.1 Å². The summed E-state index contributed by atoms with van der Waals surface area (Å²) in [5.74, 6) is -0.182. The average Bonchev–Trinajstić information content (AvgIpc) is 2.46. The molecule has 1 aliphatic heterocycles. The molecule has 2 aliphatic rings. The van der Waals surface area contributed by atoms with Crippen LogP contribution in [-0.2, 0) is 14.3 Å². The van der Waals surface area contributed by atoms with Crippen molar-refractivity contribution in [1.82, 2.24) is 4.90 Å². The molecule has 1 unspecified atom stereocenters. The number of aldehydes is 1. The molecule has 1 heterocycles. The van der Waals surface area contributed by atoms with Crippen LogP contribution < -0.4 is 0 Å². The van der Waals surface area contributed by atoms with Crippen LogP contribution in [0.1, 0.15) is 44.9 Å². The second-order valence-electron chi connectivity index (χ2n) is 5.98. The maximum Gasteiger partial charge on any atom is 0.321 e. The van der Waals surface area contributed by atoms with Crippen molar-refractivity contribution in [2.75, 3.05) is 19.7 Å². The number of morpholine rings is 1. The third-order valence-corrected chi connectivity index (χ3v) is 4.54. The molecule has 0 radical (unpaired) electrons. The van der Waals surface area contributed by atoms with Crippen molar-refractivity contribution in [1.29, 1.82) is 0 Å². The fraction of sp³-hybridized carbons (Fsp3) is 0.867. The zero-order valence-corrected chi connectivity index (χ0v) is 12.0. The predicted octanol–water partition coefficient (Wildman–Crippen LogP) is 1.70. The summed E-state index contributed by atoms with van der Waals surface area (Å²) < 4.78 is 5.80. The Balaban J connectivity index is 1.86. The minimum Gasteiger partial charge on any atom is -0.480 e. The highest BCUT2D eigenvalue weighted by molar-refractivity contribution is 5.76. The normalized spacial score (nSPS) is 27.1. The van der Waals surface area contributed by atoms with E-state index >= 15 is 0 Å². The maximum absolute atomic E-state index is 11.2. The van der Waals surface area contributed by atoms with Gasteiger partial charge in [-0.15, -0.1) is 0 Å². The van der Waals surface area contributed by atoms with E-state index in [0.29, 0.717) is 26.0 Å². The molecule has 1 saturated heterocycles. The Kier molecular flexibility index (Phi) is 5.98. The molecule has 0 spiro atoms. The van der Waals surface area contributed by atoms with E-state index in [0.717, 1.165) is 12.3 Å². The van der Waals surface area contributed by atoms with Crippen LogP contribution in [0.3, 0.4) is 0 Å². The molecule has 0 aromatic rings. The van der Waals surface area contributed by atoms with Crippen LogP contribution in [0.2, 0.25) is 0 Å². The number of nitrogens with zero attached hydrogens (tertiary/aromatic N) is 1. The van der Waals surface area contributed by atoms with Gasteiger partial charge in [-0.2, -0.15) is 0 Å². The number of hydrogen-bond donors (Lipinski definition) is 1. The largest absolute Gasteiger partial charge is 0.480 e. The first-order valence-electron chi connectivity index (χ1n) is 7.72. The molecule has 0 aromatic heterocycles. The molecule has 2 fully saturated rings. The average molecular weight is 283 g/mol. The van der Waals surface area contributed by atoms with Crippen molar-refractivity contribution in [3.63, 3.8) is 0 Å². The van der Waals surface area contributed by atoms with Gasteiger partial charge in [0.2, 0.25) is 0 Å². The monoisotopic (exact) mass is 283 g/mol. The van der Waals surface area contributed by atoms with E-state index in [1.165, 1.54) is 32.1 Å². The van der Waals surface area contributed by atoms with Crippen LogP contribution in [0.4, 0.5) is 0 Å². The van der Waals surface area contributed by atoms with Gasteiger partial charge < -0.3 is 14.6 Å². The first-order valence-corrected chi connectivity index (χ1v) is 7.72. The van der Waals surface area contributed by atoms with E-state index < -0.39 is 12.0 Å². The second kappa shape index (κ2) is 7.74. The molecule has 1 N–H and O–H groups in total. The second-order valence-corrected chi connectivity index (χ2v) is 5.98. The highest BCUT2D eigenvalue weighted by atomic mass is 16.5. The Morgan fingerprint density at radius 2 is 2.10 bits per heavy atom. The zero-order chi connectivity index (χ0) is 14.4. The van der Waals surface area contributed by atoms with E-state index in [-0.39, 0.29) is 12.5 Å². The number of aliphatic carboxylic acids is 1. The lowest BCUT2D eigenvalue weighted by Gasteiger charge is -2.37. The zero-order valence-electron chi connectivity index (χ0n) is 12.0. The molecule has 0 aromatic carbocycles. The fourth-order valence-electron chi connectivity index (χ4n) is 3.46. The molecule has 1 aliphatic carbocycles. The van der Waals surface area contributed by atoms with Gasteiger partial charge in [0.1, 0.15) is 12.3 Å². The molecular weight excluding hydrogens is 258 g/mol. The highest BCUT2D eigenvalue weighted by Gasteiger charge is 2.31. The Morgan fingerprint density at radius 1 is 1.35 bits per heavy atom. The Morgan fingerprint density at radius 3 is 2.75 bits per heavy atom. The quantitative estimate of drug-likeness (QED) is 0.752. The molecule has 5 heteroatoms. The molecule has 0 amide bonds. The molecular formula is C15H25NO4. The summed E-state index contributed by atoms with van der Waals surface area (Å²) in [6.45, 7) is 1.81. The molecule has 5 nitrogen and oxygen atoms in total. The number of carboxylic acid groups (broad SMARTS) is 1. The first kappa shape index (κ1) is 15.4. The molecule has 2 atom stereocenters. The van der Waals surface area contributed by atoms with E-state index in [2.05, 4.69) is 0 Å². The van der Waals surface area contributed by atoms with Gasteiger partial charge >= 0.3 is 5.97 Å². The number of ether oxygens (including phenoxy) is 1. The summed E-state index contributed by atoms with van der Waals surface area (Å²) in [6.07, 6.45) is 8.43.